The summed E-state index contributed by atoms with van der Waals surface area (Å²) in [6.45, 7) is 4.08. The van der Waals surface area contributed by atoms with E-state index < -0.39 is 5.60 Å². The monoisotopic (exact) mass is 220 g/mol. The molecule has 1 heteroatoms. The summed E-state index contributed by atoms with van der Waals surface area (Å²) in [7, 11) is 0. The van der Waals surface area contributed by atoms with Gasteiger partial charge in [-0.25, -0.2) is 0 Å². The maximum Gasteiger partial charge on any atom is 0.0622 e. The molecule has 1 N–H and O–H groups in total. The van der Waals surface area contributed by atoms with Crippen molar-refractivity contribution in [1.29, 1.82) is 0 Å². The van der Waals surface area contributed by atoms with E-state index in [1.807, 2.05) is 13.8 Å². The van der Waals surface area contributed by atoms with Gasteiger partial charge in [-0.3, -0.25) is 0 Å². The summed E-state index contributed by atoms with van der Waals surface area (Å²) in [6, 6.07) is 0. The SMILES string of the molecule is CC(C)(O)C1CC2CC1C1C3CC[C@@H](C3)C21. The van der Waals surface area contributed by atoms with Crippen molar-refractivity contribution in [2.24, 2.45) is 41.4 Å². The molecular formula is C15H24O. The molecular weight excluding hydrogens is 196 g/mol. The normalized spacial score (nSPS) is 58.3. The third kappa shape index (κ3) is 1.06. The van der Waals surface area contributed by atoms with E-state index in [0.29, 0.717) is 5.92 Å². The van der Waals surface area contributed by atoms with E-state index in [0.717, 1.165) is 35.5 Å². The first-order valence-corrected chi connectivity index (χ1v) is 7.28. The van der Waals surface area contributed by atoms with E-state index in [-0.39, 0.29) is 0 Å². The molecule has 0 aliphatic heterocycles. The molecule has 4 bridgehead atoms. The summed E-state index contributed by atoms with van der Waals surface area (Å²) >= 11 is 0. The topological polar surface area (TPSA) is 20.2 Å². The molecule has 0 spiro atoms. The lowest BCUT2D eigenvalue weighted by atomic mass is 9.64. The van der Waals surface area contributed by atoms with Crippen LogP contribution in [0.5, 0.6) is 0 Å². The Balaban J connectivity index is 1.66. The molecule has 0 aromatic carbocycles. The standard InChI is InChI=1S/C15H24O/c1-15(2,16)12-7-10-6-11(12)14-9-4-3-8(5-9)13(10)14/h8-14,16H,3-7H2,1-2H3/t8-,9?,10?,11?,12?,13?,14?/m0/s1. The molecule has 0 aromatic heterocycles. The lowest BCUT2D eigenvalue weighted by Gasteiger charge is -2.42. The van der Waals surface area contributed by atoms with Gasteiger partial charge in [0, 0.05) is 0 Å². The van der Waals surface area contributed by atoms with Gasteiger partial charge in [-0.05, 0) is 87.4 Å². The van der Waals surface area contributed by atoms with Crippen LogP contribution in [0.1, 0.15) is 46.0 Å². The van der Waals surface area contributed by atoms with Gasteiger partial charge in [0.05, 0.1) is 5.60 Å². The average Bonchev–Trinajstić information content (AvgIpc) is 2.94. The van der Waals surface area contributed by atoms with Crippen LogP contribution in [0.3, 0.4) is 0 Å². The van der Waals surface area contributed by atoms with Gasteiger partial charge in [-0.1, -0.05) is 0 Å². The molecule has 0 aromatic rings. The van der Waals surface area contributed by atoms with Gasteiger partial charge in [0.2, 0.25) is 0 Å². The molecule has 4 aliphatic rings. The van der Waals surface area contributed by atoms with Crippen molar-refractivity contribution in [3.63, 3.8) is 0 Å². The summed E-state index contributed by atoms with van der Waals surface area (Å²) in [4.78, 5) is 0. The number of hydrogen-bond acceptors (Lipinski definition) is 1. The van der Waals surface area contributed by atoms with E-state index in [1.54, 1.807) is 6.42 Å². The largest absolute Gasteiger partial charge is 0.390 e. The van der Waals surface area contributed by atoms with Crippen molar-refractivity contribution in [3.05, 3.63) is 0 Å². The smallest absolute Gasteiger partial charge is 0.0622 e. The highest BCUT2D eigenvalue weighted by atomic mass is 16.3. The van der Waals surface area contributed by atoms with Crippen molar-refractivity contribution >= 4 is 0 Å². The maximum absolute atomic E-state index is 10.3. The minimum Gasteiger partial charge on any atom is -0.390 e. The summed E-state index contributed by atoms with van der Waals surface area (Å²) < 4.78 is 0. The highest BCUT2D eigenvalue weighted by Crippen LogP contribution is 2.69. The number of aliphatic hydroxyl groups is 1. The van der Waals surface area contributed by atoms with Crippen LogP contribution in [0.25, 0.3) is 0 Å². The molecule has 16 heavy (non-hydrogen) atoms. The van der Waals surface area contributed by atoms with Gasteiger partial charge in [0.25, 0.3) is 0 Å². The first kappa shape index (κ1) is 9.94. The van der Waals surface area contributed by atoms with Gasteiger partial charge in [-0.15, -0.1) is 0 Å². The Kier molecular flexibility index (Phi) is 1.77. The second-order valence-corrected chi connectivity index (χ2v) is 7.64. The van der Waals surface area contributed by atoms with E-state index in [2.05, 4.69) is 0 Å². The first-order valence-electron chi connectivity index (χ1n) is 7.28. The summed E-state index contributed by atoms with van der Waals surface area (Å²) in [5, 5.41) is 10.3. The predicted molar refractivity (Wildman–Crippen MR) is 63.8 cm³/mol. The van der Waals surface area contributed by atoms with Crippen LogP contribution in [0.15, 0.2) is 0 Å². The van der Waals surface area contributed by atoms with Crippen LogP contribution >= 0.6 is 0 Å². The lowest BCUT2D eigenvalue weighted by Crippen LogP contribution is -2.41. The first-order chi connectivity index (χ1) is 7.55. The van der Waals surface area contributed by atoms with Crippen LogP contribution < -0.4 is 0 Å². The maximum atomic E-state index is 10.3. The zero-order chi connectivity index (χ0) is 11.1. The number of rotatable bonds is 1. The molecule has 1 nitrogen and oxygen atoms in total. The van der Waals surface area contributed by atoms with Crippen molar-refractivity contribution in [3.8, 4) is 0 Å². The Bertz CT molecular complexity index is 316. The zero-order valence-corrected chi connectivity index (χ0v) is 10.5. The predicted octanol–water partition coefficient (Wildman–Crippen LogP) is 3.08. The van der Waals surface area contributed by atoms with Gasteiger partial charge < -0.3 is 5.11 Å². The van der Waals surface area contributed by atoms with E-state index in [9.17, 15) is 5.11 Å². The summed E-state index contributed by atoms with van der Waals surface area (Å²) in [5.41, 5.74) is -0.424. The molecule has 7 atom stereocenters. The van der Waals surface area contributed by atoms with Gasteiger partial charge in [0.15, 0.2) is 0 Å². The minimum atomic E-state index is -0.424. The van der Waals surface area contributed by atoms with Crippen LogP contribution in [0.2, 0.25) is 0 Å². The van der Waals surface area contributed by atoms with Gasteiger partial charge >= 0.3 is 0 Å². The second kappa shape index (κ2) is 2.85. The Morgan fingerprint density at radius 3 is 2.25 bits per heavy atom. The number of hydrogen-bond donors (Lipinski definition) is 1. The Morgan fingerprint density at radius 1 is 0.875 bits per heavy atom. The molecule has 90 valence electrons. The molecule has 4 aliphatic carbocycles. The van der Waals surface area contributed by atoms with Gasteiger partial charge in [-0.2, -0.15) is 0 Å². The lowest BCUT2D eigenvalue weighted by molar-refractivity contribution is -0.0396. The van der Waals surface area contributed by atoms with Crippen molar-refractivity contribution in [2.75, 3.05) is 0 Å². The van der Waals surface area contributed by atoms with Crippen LogP contribution in [-0.2, 0) is 0 Å². The van der Waals surface area contributed by atoms with Crippen LogP contribution in [0, 0.1) is 41.4 Å². The van der Waals surface area contributed by atoms with Crippen molar-refractivity contribution in [1.82, 2.24) is 0 Å². The highest BCUT2D eigenvalue weighted by Gasteiger charge is 2.63. The third-order valence-electron chi connectivity index (χ3n) is 6.64. The fraction of sp³-hybridized carbons (Fsp3) is 1.00. The van der Waals surface area contributed by atoms with Crippen LogP contribution in [0.4, 0.5) is 0 Å². The van der Waals surface area contributed by atoms with E-state index in [1.165, 1.54) is 25.7 Å². The Hall–Kier alpha value is -0.0400. The van der Waals surface area contributed by atoms with E-state index in [4.69, 9.17) is 0 Å². The molecule has 4 fully saturated rings. The fourth-order valence-electron chi connectivity index (χ4n) is 6.38. The quantitative estimate of drug-likeness (QED) is 0.673. The summed E-state index contributed by atoms with van der Waals surface area (Å²) in [5.74, 6) is 6.73. The Labute approximate surface area is 98.6 Å². The zero-order valence-electron chi connectivity index (χ0n) is 10.5. The third-order valence-corrected chi connectivity index (χ3v) is 6.64. The second-order valence-electron chi connectivity index (χ2n) is 7.64. The molecule has 6 unspecified atom stereocenters. The summed E-state index contributed by atoms with van der Waals surface area (Å²) in [6.07, 6.45) is 7.37. The highest BCUT2D eigenvalue weighted by molar-refractivity contribution is 5.12. The van der Waals surface area contributed by atoms with Gasteiger partial charge in [0.1, 0.15) is 0 Å². The molecule has 0 heterocycles. The Morgan fingerprint density at radius 2 is 1.56 bits per heavy atom. The van der Waals surface area contributed by atoms with Crippen molar-refractivity contribution < 1.29 is 5.11 Å². The molecule has 4 saturated carbocycles. The average molecular weight is 220 g/mol. The van der Waals surface area contributed by atoms with Crippen molar-refractivity contribution in [2.45, 2.75) is 51.6 Å². The molecule has 0 radical (unpaired) electrons. The fourth-order valence-corrected chi connectivity index (χ4v) is 6.38. The number of fused-ring (bicyclic) bond motifs is 9. The minimum absolute atomic E-state index is 0.424. The molecule has 0 amide bonds. The molecule has 4 rings (SSSR count). The van der Waals surface area contributed by atoms with E-state index >= 15 is 0 Å². The van der Waals surface area contributed by atoms with Crippen LogP contribution in [-0.4, -0.2) is 10.7 Å². The molecule has 0 saturated heterocycles.